The van der Waals surface area contributed by atoms with Gasteiger partial charge in [-0.05, 0) is 54.4 Å². The molecule has 4 aliphatic rings. The molecule has 2 aliphatic heterocycles. The van der Waals surface area contributed by atoms with Gasteiger partial charge in [-0.25, -0.2) is 0 Å². The van der Waals surface area contributed by atoms with Crippen LogP contribution in [0.3, 0.4) is 0 Å². The van der Waals surface area contributed by atoms with E-state index in [4.69, 9.17) is 9.47 Å². The Hall–Kier alpha value is -1.85. The summed E-state index contributed by atoms with van der Waals surface area (Å²) in [5.41, 5.74) is 1.99. The van der Waals surface area contributed by atoms with Crippen molar-refractivity contribution in [3.63, 3.8) is 0 Å². The van der Waals surface area contributed by atoms with Gasteiger partial charge >= 0.3 is 0 Å². The van der Waals surface area contributed by atoms with Gasteiger partial charge in [0.2, 0.25) is 0 Å². The number of morpholine rings is 1. The third-order valence-corrected chi connectivity index (χ3v) is 7.03. The Kier molecular flexibility index (Phi) is 5.12. The lowest BCUT2D eigenvalue weighted by atomic mass is 9.93. The van der Waals surface area contributed by atoms with Crippen LogP contribution < -0.4 is 9.64 Å². The molecule has 2 fully saturated rings. The van der Waals surface area contributed by atoms with E-state index in [2.05, 4.69) is 23.1 Å². The van der Waals surface area contributed by atoms with Crippen molar-refractivity contribution in [2.24, 2.45) is 17.8 Å². The maximum Gasteiger partial charge on any atom is 0.254 e. The van der Waals surface area contributed by atoms with E-state index in [9.17, 15) is 4.79 Å². The lowest BCUT2D eigenvalue weighted by Crippen LogP contribution is -3.14. The molecule has 5 rings (SSSR count). The molecule has 2 heterocycles. The first-order valence-electron chi connectivity index (χ1n) is 10.9. The number of quaternary nitrogens is 1. The van der Waals surface area contributed by atoms with Crippen LogP contribution in [-0.2, 0) is 11.2 Å². The number of amides is 1. The number of fused-ring (bicyclic) bond motifs is 3. The molecule has 1 saturated heterocycles. The van der Waals surface area contributed by atoms with E-state index < -0.39 is 0 Å². The zero-order chi connectivity index (χ0) is 18.9. The van der Waals surface area contributed by atoms with Crippen LogP contribution in [0.1, 0.15) is 28.8 Å². The molecule has 0 spiro atoms. The van der Waals surface area contributed by atoms with Crippen LogP contribution >= 0.6 is 0 Å². The van der Waals surface area contributed by atoms with Crippen molar-refractivity contribution in [2.75, 3.05) is 52.5 Å². The molecule has 5 nitrogen and oxygen atoms in total. The van der Waals surface area contributed by atoms with Gasteiger partial charge in [0.05, 0.1) is 32.9 Å². The van der Waals surface area contributed by atoms with E-state index in [0.717, 1.165) is 76.2 Å². The fourth-order valence-electron chi connectivity index (χ4n) is 5.37. The van der Waals surface area contributed by atoms with Gasteiger partial charge in [0, 0.05) is 18.5 Å². The van der Waals surface area contributed by atoms with E-state index >= 15 is 0 Å². The molecule has 3 atom stereocenters. The van der Waals surface area contributed by atoms with Gasteiger partial charge in [0.1, 0.15) is 18.8 Å². The second-order valence-electron chi connectivity index (χ2n) is 8.82. The summed E-state index contributed by atoms with van der Waals surface area (Å²) < 4.78 is 11.1. The number of hydrogen-bond acceptors (Lipinski definition) is 3. The standard InChI is InChI=1S/C23H30N2O3/c26-23(20-3-4-22-19(15-20)5-10-28-22)25(7-6-24-8-11-27-12-9-24)16-21-14-17-1-2-18(21)13-17/h1-4,15,17-18,21H,5-14,16H2/p+1/t17-,18-,21-/m0/s1. The molecular weight excluding hydrogens is 352 g/mol. The monoisotopic (exact) mass is 383 g/mol. The predicted octanol–water partition coefficient (Wildman–Crippen LogP) is 1.19. The number of rotatable bonds is 6. The highest BCUT2D eigenvalue weighted by atomic mass is 16.5. The van der Waals surface area contributed by atoms with Crippen LogP contribution in [0.25, 0.3) is 0 Å². The Balaban J connectivity index is 1.30. The van der Waals surface area contributed by atoms with Gasteiger partial charge < -0.3 is 19.3 Å². The number of allylic oxidation sites excluding steroid dienone is 2. The first-order valence-corrected chi connectivity index (χ1v) is 10.9. The first kappa shape index (κ1) is 18.2. The summed E-state index contributed by atoms with van der Waals surface area (Å²) in [6.07, 6.45) is 8.21. The zero-order valence-corrected chi connectivity index (χ0v) is 16.6. The summed E-state index contributed by atoms with van der Waals surface area (Å²) in [6, 6.07) is 5.98. The summed E-state index contributed by atoms with van der Waals surface area (Å²) in [7, 11) is 0. The average molecular weight is 384 g/mol. The van der Waals surface area contributed by atoms with E-state index in [1.54, 1.807) is 4.90 Å². The Morgan fingerprint density at radius 2 is 2.04 bits per heavy atom. The van der Waals surface area contributed by atoms with Crippen molar-refractivity contribution in [1.29, 1.82) is 0 Å². The van der Waals surface area contributed by atoms with Crippen LogP contribution in [0.5, 0.6) is 5.75 Å². The van der Waals surface area contributed by atoms with Crippen molar-refractivity contribution in [3.05, 3.63) is 41.5 Å². The minimum Gasteiger partial charge on any atom is -0.493 e. The first-order chi connectivity index (χ1) is 13.8. The molecule has 1 amide bonds. The lowest BCUT2D eigenvalue weighted by molar-refractivity contribution is -0.907. The van der Waals surface area contributed by atoms with Crippen molar-refractivity contribution in [2.45, 2.75) is 19.3 Å². The van der Waals surface area contributed by atoms with Gasteiger partial charge in [-0.2, -0.15) is 0 Å². The Bertz CT molecular complexity index is 756. The predicted molar refractivity (Wildman–Crippen MR) is 107 cm³/mol. The highest BCUT2D eigenvalue weighted by Gasteiger charge is 2.37. The lowest BCUT2D eigenvalue weighted by Gasteiger charge is -2.31. The molecule has 0 radical (unpaired) electrons. The number of carbonyl (C=O) groups excluding carboxylic acids is 1. The van der Waals surface area contributed by atoms with Crippen LogP contribution in [0, 0.1) is 17.8 Å². The topological polar surface area (TPSA) is 43.2 Å². The third-order valence-electron chi connectivity index (χ3n) is 7.03. The summed E-state index contributed by atoms with van der Waals surface area (Å²) in [4.78, 5) is 17.1. The second kappa shape index (κ2) is 7.88. The van der Waals surface area contributed by atoms with Gasteiger partial charge in [0.25, 0.3) is 5.91 Å². The Morgan fingerprint density at radius 3 is 2.82 bits per heavy atom. The number of ether oxygens (including phenoxy) is 2. The smallest absolute Gasteiger partial charge is 0.254 e. The molecule has 1 saturated carbocycles. The second-order valence-corrected chi connectivity index (χ2v) is 8.82. The minimum absolute atomic E-state index is 0.189. The molecule has 2 aliphatic carbocycles. The van der Waals surface area contributed by atoms with Crippen molar-refractivity contribution in [3.8, 4) is 5.75 Å². The minimum atomic E-state index is 0.189. The summed E-state index contributed by atoms with van der Waals surface area (Å²) in [5.74, 6) is 3.17. The van der Waals surface area contributed by atoms with Gasteiger partial charge in [-0.15, -0.1) is 0 Å². The third kappa shape index (κ3) is 3.70. The van der Waals surface area contributed by atoms with Gasteiger partial charge in [0.15, 0.2) is 0 Å². The fourth-order valence-corrected chi connectivity index (χ4v) is 5.37. The van der Waals surface area contributed by atoms with Crippen LogP contribution in [0.2, 0.25) is 0 Å². The molecule has 0 aromatic heterocycles. The molecule has 0 unspecified atom stereocenters. The number of nitrogens with zero attached hydrogens (tertiary/aromatic N) is 1. The zero-order valence-electron chi connectivity index (χ0n) is 16.6. The molecule has 5 heteroatoms. The molecule has 150 valence electrons. The number of benzene rings is 1. The van der Waals surface area contributed by atoms with Crippen molar-refractivity contribution < 1.29 is 19.2 Å². The fraction of sp³-hybridized carbons (Fsp3) is 0.609. The van der Waals surface area contributed by atoms with E-state index in [0.29, 0.717) is 11.8 Å². The summed E-state index contributed by atoms with van der Waals surface area (Å²) in [5, 5.41) is 0. The number of carbonyl (C=O) groups is 1. The van der Waals surface area contributed by atoms with Crippen LogP contribution in [0.15, 0.2) is 30.4 Å². The molecule has 1 N–H and O–H groups in total. The summed E-state index contributed by atoms with van der Waals surface area (Å²) in [6.45, 7) is 7.25. The number of hydrogen-bond donors (Lipinski definition) is 1. The maximum atomic E-state index is 13.4. The molecular formula is C23H31N2O3+. The Labute approximate surface area is 167 Å². The quantitative estimate of drug-likeness (QED) is 0.751. The van der Waals surface area contributed by atoms with E-state index in [1.165, 1.54) is 18.4 Å². The Morgan fingerprint density at radius 1 is 1.14 bits per heavy atom. The molecule has 28 heavy (non-hydrogen) atoms. The summed E-state index contributed by atoms with van der Waals surface area (Å²) >= 11 is 0. The SMILES string of the molecule is O=C(c1ccc2c(c1)CCO2)N(CC[NH+]1CCOCC1)C[C@@H]1C[C@H]2C=C[C@H]1C2. The van der Waals surface area contributed by atoms with Crippen LogP contribution in [0.4, 0.5) is 0 Å². The highest BCUT2D eigenvalue weighted by molar-refractivity contribution is 5.94. The van der Waals surface area contributed by atoms with Crippen molar-refractivity contribution in [1.82, 2.24) is 4.90 Å². The number of nitrogens with one attached hydrogen (secondary N) is 1. The van der Waals surface area contributed by atoms with Crippen molar-refractivity contribution >= 4 is 5.91 Å². The van der Waals surface area contributed by atoms with E-state index in [1.807, 2.05) is 12.1 Å². The van der Waals surface area contributed by atoms with Gasteiger partial charge in [-0.1, -0.05) is 12.2 Å². The normalized spacial score (nSPS) is 28.4. The van der Waals surface area contributed by atoms with Crippen LogP contribution in [-0.4, -0.2) is 63.4 Å². The molecule has 1 aromatic rings. The van der Waals surface area contributed by atoms with E-state index in [-0.39, 0.29) is 5.91 Å². The largest absolute Gasteiger partial charge is 0.493 e. The average Bonchev–Trinajstić information content (AvgIpc) is 3.47. The molecule has 1 aromatic carbocycles. The molecule has 2 bridgehead atoms. The maximum absolute atomic E-state index is 13.4. The highest BCUT2D eigenvalue weighted by Crippen LogP contribution is 2.43. The van der Waals surface area contributed by atoms with Gasteiger partial charge in [-0.3, -0.25) is 4.79 Å².